The molecule has 0 aromatic heterocycles. The number of allylic oxidation sites excluding steroid dienone is 1. The first-order valence-corrected chi connectivity index (χ1v) is 22.7. The molecule has 0 spiro atoms. The average Bonchev–Trinajstić information content (AvgIpc) is 3.28. The predicted molar refractivity (Wildman–Crippen MR) is 234 cm³/mol. The van der Waals surface area contributed by atoms with Crippen LogP contribution >= 0.6 is 0 Å². The number of amides is 2. The topological polar surface area (TPSA) is 167 Å². The maximum absolute atomic E-state index is 14.5. The number of unbranched alkanes of at least 4 members (excludes halogenated alkanes) is 2. The Labute approximate surface area is 366 Å². The van der Waals surface area contributed by atoms with Crippen molar-refractivity contribution in [1.29, 1.82) is 0 Å². The third-order valence-corrected chi connectivity index (χ3v) is 12.2. The summed E-state index contributed by atoms with van der Waals surface area (Å²) in [7, 11) is 0. The number of benzene rings is 2. The minimum Gasteiger partial charge on any atom is -0.459 e. The number of rotatable bonds is 23. The molecule has 4 aliphatic rings. The van der Waals surface area contributed by atoms with Crippen LogP contribution in [0.4, 0.5) is 9.59 Å². The van der Waals surface area contributed by atoms with Gasteiger partial charge in [-0.25, -0.2) is 9.59 Å². The molecule has 6 rings (SSSR count). The van der Waals surface area contributed by atoms with Gasteiger partial charge < -0.3 is 48.8 Å². The van der Waals surface area contributed by atoms with Crippen LogP contribution in [0.1, 0.15) is 102 Å². The van der Waals surface area contributed by atoms with Crippen LogP contribution in [0.25, 0.3) is 0 Å². The van der Waals surface area contributed by atoms with Crippen molar-refractivity contribution in [3.8, 4) is 11.5 Å². The SMILES string of the molecule is C=CCOC12Oc3ccc(OC(=O)NCC)cc3C3C(CCCCO)C(CCCCO)C=C(C(=NOC4CCCCO4)CC1N(CCC)C(=O)OCCOCc1ccccc1)C32. The summed E-state index contributed by atoms with van der Waals surface area (Å²) in [4.78, 5) is 35.2. The number of hydrogen-bond donors (Lipinski definition) is 3. The molecule has 2 aliphatic heterocycles. The van der Waals surface area contributed by atoms with E-state index in [1.54, 1.807) is 17.0 Å². The molecule has 7 atom stereocenters. The first kappa shape index (κ1) is 47.0. The van der Waals surface area contributed by atoms with Crippen LogP contribution in [0, 0.1) is 17.8 Å². The van der Waals surface area contributed by atoms with Crippen molar-refractivity contribution >= 4 is 17.9 Å². The zero-order valence-electron chi connectivity index (χ0n) is 36.5. The normalized spacial score (nSPS) is 25.7. The molecule has 2 aliphatic carbocycles. The van der Waals surface area contributed by atoms with Crippen molar-refractivity contribution in [1.82, 2.24) is 10.2 Å². The number of ether oxygens (including phenoxy) is 6. The Morgan fingerprint density at radius 3 is 2.56 bits per heavy atom. The van der Waals surface area contributed by atoms with Crippen molar-refractivity contribution in [3.63, 3.8) is 0 Å². The van der Waals surface area contributed by atoms with Crippen LogP contribution in [-0.4, -0.2) is 104 Å². The Morgan fingerprint density at radius 2 is 1.84 bits per heavy atom. The number of nitrogens with zero attached hydrogens (tertiary/aromatic N) is 2. The van der Waals surface area contributed by atoms with Crippen LogP contribution in [-0.2, 0) is 30.4 Å². The van der Waals surface area contributed by atoms with E-state index in [1.807, 2.05) is 56.3 Å². The first-order valence-electron chi connectivity index (χ1n) is 22.7. The van der Waals surface area contributed by atoms with Crippen molar-refractivity contribution in [2.24, 2.45) is 22.9 Å². The number of aliphatic hydroxyl groups excluding tert-OH is 2. The maximum Gasteiger partial charge on any atom is 0.412 e. The molecule has 62 heavy (non-hydrogen) atoms. The van der Waals surface area contributed by atoms with Crippen LogP contribution in [0.15, 0.2) is 78.0 Å². The lowest BCUT2D eigenvalue weighted by atomic mass is 9.55. The fraction of sp³-hybridized carbons (Fsp3) is 0.604. The number of carbonyl (C=O) groups is 2. The van der Waals surface area contributed by atoms with Gasteiger partial charge in [-0.15, -0.1) is 6.58 Å². The number of oxime groups is 1. The molecular weight excluding hydrogens is 795 g/mol. The van der Waals surface area contributed by atoms with Gasteiger partial charge in [0.2, 0.25) is 12.1 Å². The second kappa shape index (κ2) is 23.8. The highest BCUT2D eigenvalue weighted by Gasteiger charge is 2.65. The minimum atomic E-state index is -1.46. The summed E-state index contributed by atoms with van der Waals surface area (Å²) in [6, 6.07) is 14.5. The van der Waals surface area contributed by atoms with E-state index in [1.165, 1.54) is 0 Å². The van der Waals surface area contributed by atoms with E-state index in [0.29, 0.717) is 69.2 Å². The molecule has 1 saturated heterocycles. The van der Waals surface area contributed by atoms with Gasteiger partial charge in [0.15, 0.2) is 0 Å². The number of carbonyl (C=O) groups excluding carboxylic acids is 2. The number of nitrogens with one attached hydrogen (secondary N) is 1. The molecule has 2 fully saturated rings. The largest absolute Gasteiger partial charge is 0.459 e. The Bertz CT molecular complexity index is 1800. The lowest BCUT2D eigenvalue weighted by molar-refractivity contribution is -0.255. The summed E-state index contributed by atoms with van der Waals surface area (Å²) < 4.78 is 37.9. The average molecular weight is 862 g/mol. The first-order chi connectivity index (χ1) is 30.4. The van der Waals surface area contributed by atoms with E-state index in [9.17, 15) is 19.8 Å². The van der Waals surface area contributed by atoms with Gasteiger partial charge in [0.05, 0.1) is 38.1 Å². The molecule has 0 bridgehead atoms. The summed E-state index contributed by atoms with van der Waals surface area (Å²) in [5.74, 6) is -1.32. The fourth-order valence-corrected chi connectivity index (χ4v) is 9.57. The highest BCUT2D eigenvalue weighted by atomic mass is 16.8. The van der Waals surface area contributed by atoms with Crippen molar-refractivity contribution in [2.45, 2.75) is 115 Å². The van der Waals surface area contributed by atoms with Crippen LogP contribution in [0.3, 0.4) is 0 Å². The molecule has 340 valence electrons. The lowest BCUT2D eigenvalue weighted by Crippen LogP contribution is -2.70. The summed E-state index contributed by atoms with van der Waals surface area (Å²) >= 11 is 0. The second-order valence-electron chi connectivity index (χ2n) is 16.4. The zero-order chi connectivity index (χ0) is 43.7. The van der Waals surface area contributed by atoms with Gasteiger partial charge in [-0.3, -0.25) is 4.90 Å². The quantitative estimate of drug-likeness (QED) is 0.0563. The summed E-state index contributed by atoms with van der Waals surface area (Å²) in [6.07, 6.45) is 10.3. The molecule has 2 amide bonds. The Balaban J connectivity index is 1.47. The fourth-order valence-electron chi connectivity index (χ4n) is 9.57. The van der Waals surface area contributed by atoms with Gasteiger partial charge in [-0.05, 0) is 93.0 Å². The minimum absolute atomic E-state index is 0.000923. The van der Waals surface area contributed by atoms with E-state index in [-0.39, 0.29) is 57.2 Å². The van der Waals surface area contributed by atoms with Gasteiger partial charge in [0.1, 0.15) is 24.1 Å². The molecule has 7 unspecified atom stereocenters. The molecule has 1 saturated carbocycles. The number of fused-ring (bicyclic) bond motifs is 2. The third-order valence-electron chi connectivity index (χ3n) is 12.2. The summed E-state index contributed by atoms with van der Waals surface area (Å²) in [5, 5.41) is 27.4. The molecule has 14 heteroatoms. The van der Waals surface area contributed by atoms with Crippen molar-refractivity contribution < 1.29 is 53.1 Å². The van der Waals surface area contributed by atoms with E-state index in [2.05, 4.69) is 18.0 Å². The van der Waals surface area contributed by atoms with Crippen molar-refractivity contribution in [2.75, 3.05) is 52.7 Å². The van der Waals surface area contributed by atoms with E-state index in [4.69, 9.17) is 38.4 Å². The maximum atomic E-state index is 14.5. The molecule has 2 aromatic rings. The standard InChI is InChI=1S/C48H67N3O11/c1-4-23-51(47(55)58-29-28-56-33-34-16-8-7-9-17-34)42-32-40(50-62-43-20-12-15-27-57-43)38-30-35(18-10-13-24-52)37(19-11-14-25-53)44-39-31-36(60-46(54)49-6-3)21-22-41(39)61-48(42,45(38)44)59-26-5-2/h5,7-9,16-17,21-22,30-31,35,37,42-45,52-53H,2,4,6,10-15,18-20,23-29,32-33H2,1,3H3,(H,49,54). The molecule has 14 nitrogen and oxygen atoms in total. The van der Waals surface area contributed by atoms with Crippen LogP contribution in [0.5, 0.6) is 11.5 Å². The zero-order valence-corrected chi connectivity index (χ0v) is 36.5. The molecule has 3 N–H and O–H groups in total. The predicted octanol–water partition coefficient (Wildman–Crippen LogP) is 8.02. The Kier molecular flexibility index (Phi) is 18.1. The monoisotopic (exact) mass is 861 g/mol. The molecular formula is C48H67N3O11. The van der Waals surface area contributed by atoms with Crippen molar-refractivity contribution in [3.05, 3.63) is 84.0 Å². The summed E-state index contributed by atoms with van der Waals surface area (Å²) in [5.41, 5.74) is 3.44. The lowest BCUT2D eigenvalue weighted by Gasteiger charge is -2.59. The van der Waals surface area contributed by atoms with Gasteiger partial charge in [0, 0.05) is 50.6 Å². The molecule has 2 aromatic carbocycles. The Morgan fingerprint density at radius 1 is 1.03 bits per heavy atom. The smallest absolute Gasteiger partial charge is 0.412 e. The Hall–Kier alpha value is -4.47. The van der Waals surface area contributed by atoms with E-state index >= 15 is 0 Å². The molecule has 2 heterocycles. The highest BCUT2D eigenvalue weighted by molar-refractivity contribution is 6.03. The number of aliphatic hydroxyl groups is 2. The second-order valence-corrected chi connectivity index (χ2v) is 16.4. The van der Waals surface area contributed by atoms with Gasteiger partial charge >= 0.3 is 12.2 Å². The van der Waals surface area contributed by atoms with E-state index < -0.39 is 36.2 Å². The highest BCUT2D eigenvalue weighted by Crippen LogP contribution is 2.62. The van der Waals surface area contributed by atoms with Crippen LogP contribution in [0.2, 0.25) is 0 Å². The number of hydrogen-bond acceptors (Lipinski definition) is 12. The van der Waals surface area contributed by atoms with Gasteiger partial charge in [0.25, 0.3) is 0 Å². The van der Waals surface area contributed by atoms with Crippen LogP contribution < -0.4 is 14.8 Å². The molecule has 0 radical (unpaired) electrons. The van der Waals surface area contributed by atoms with E-state index in [0.717, 1.165) is 55.2 Å². The third kappa shape index (κ3) is 11.6. The van der Waals surface area contributed by atoms with Gasteiger partial charge in [-0.1, -0.05) is 67.4 Å². The van der Waals surface area contributed by atoms with Gasteiger partial charge in [-0.2, -0.15) is 0 Å². The summed E-state index contributed by atoms with van der Waals surface area (Å²) in [6.45, 7) is 10.1.